The molecule has 0 heterocycles. The van der Waals surface area contributed by atoms with Crippen molar-refractivity contribution < 1.29 is 31.4 Å². The molecule has 0 aromatic rings. The quantitative estimate of drug-likeness (QED) is 0.255. The molecule has 0 aromatic heterocycles. The van der Waals surface area contributed by atoms with E-state index in [0.717, 1.165) is 44.2 Å². The predicted octanol–water partition coefficient (Wildman–Crippen LogP) is 2.93. The molecule has 168 valence electrons. The van der Waals surface area contributed by atoms with Gasteiger partial charge in [-0.2, -0.15) is 0 Å². The number of hydrogen-bond acceptors (Lipinski definition) is 7. The molecule has 0 spiro atoms. The van der Waals surface area contributed by atoms with E-state index in [0.29, 0.717) is 6.54 Å². The largest absolute Gasteiger partial charge is 0.500 e. The molecule has 10 heteroatoms. The molecule has 28 heavy (non-hydrogen) atoms. The van der Waals surface area contributed by atoms with Crippen molar-refractivity contribution in [2.24, 2.45) is 0 Å². The van der Waals surface area contributed by atoms with Crippen LogP contribution in [0.25, 0.3) is 0 Å². The second kappa shape index (κ2) is 14.6. The van der Waals surface area contributed by atoms with Crippen molar-refractivity contribution in [1.82, 2.24) is 4.90 Å². The summed E-state index contributed by atoms with van der Waals surface area (Å²) in [5.74, 6) is 0.107. The van der Waals surface area contributed by atoms with Crippen LogP contribution in [0, 0.1) is 0 Å². The Balaban J connectivity index is 4.80. The number of unbranched alkanes of at least 4 members (excludes halogenated alkanes) is 1. The van der Waals surface area contributed by atoms with E-state index in [-0.39, 0.29) is 11.9 Å². The van der Waals surface area contributed by atoms with E-state index in [4.69, 9.17) is 26.6 Å². The first-order chi connectivity index (χ1) is 13.3. The lowest BCUT2D eigenvalue weighted by molar-refractivity contribution is -0.131. The summed E-state index contributed by atoms with van der Waals surface area (Å²) in [6.07, 6.45) is 4.60. The topological polar surface area (TPSA) is 75.7 Å². The summed E-state index contributed by atoms with van der Waals surface area (Å²) >= 11 is 0. The molecule has 0 N–H and O–H groups in total. The number of amides is 1. The fourth-order valence-corrected chi connectivity index (χ4v) is 7.13. The first kappa shape index (κ1) is 27.7. The van der Waals surface area contributed by atoms with Crippen molar-refractivity contribution in [3.05, 3.63) is 0 Å². The Morgan fingerprint density at radius 3 is 1.50 bits per heavy atom. The van der Waals surface area contributed by atoms with Crippen LogP contribution in [0.2, 0.25) is 12.1 Å². The number of nitrogens with zero attached hydrogens (tertiary/aromatic N) is 1. The van der Waals surface area contributed by atoms with Gasteiger partial charge < -0.3 is 31.5 Å². The SMILES string of the molecule is CCN(C(C)=O)C(CCCC[Si](OC)(OC)OC)CCC[Si](OC)(OC)OC. The monoisotopic (exact) mass is 439 g/mol. The van der Waals surface area contributed by atoms with Crippen molar-refractivity contribution in [2.45, 2.75) is 64.1 Å². The lowest BCUT2D eigenvalue weighted by Crippen LogP contribution is -2.44. The van der Waals surface area contributed by atoms with E-state index >= 15 is 0 Å². The maximum Gasteiger partial charge on any atom is 0.500 e. The van der Waals surface area contributed by atoms with Crippen LogP contribution in [0.4, 0.5) is 0 Å². The molecule has 0 aromatic carbocycles. The molecule has 0 rings (SSSR count). The van der Waals surface area contributed by atoms with Gasteiger partial charge in [-0.05, 0) is 32.6 Å². The lowest BCUT2D eigenvalue weighted by atomic mass is 10.0. The zero-order valence-electron chi connectivity index (χ0n) is 19.0. The molecule has 0 aliphatic carbocycles. The van der Waals surface area contributed by atoms with Crippen molar-refractivity contribution in [2.75, 3.05) is 49.2 Å². The fraction of sp³-hybridized carbons (Fsp3) is 0.944. The molecular formula is C18H41NO7Si2. The van der Waals surface area contributed by atoms with E-state index in [1.54, 1.807) is 49.6 Å². The molecule has 1 atom stereocenters. The molecule has 0 aliphatic rings. The molecule has 0 radical (unpaired) electrons. The average molecular weight is 440 g/mol. The zero-order chi connectivity index (χ0) is 21.6. The van der Waals surface area contributed by atoms with Gasteiger partial charge in [0, 0.05) is 74.3 Å². The summed E-state index contributed by atoms with van der Waals surface area (Å²) in [5.41, 5.74) is 0. The summed E-state index contributed by atoms with van der Waals surface area (Å²) in [4.78, 5) is 14.0. The molecule has 8 nitrogen and oxygen atoms in total. The average Bonchev–Trinajstić information content (AvgIpc) is 2.72. The van der Waals surface area contributed by atoms with Crippen molar-refractivity contribution in [3.8, 4) is 0 Å². The van der Waals surface area contributed by atoms with Gasteiger partial charge >= 0.3 is 17.6 Å². The van der Waals surface area contributed by atoms with Gasteiger partial charge in [-0.1, -0.05) is 6.42 Å². The number of carbonyl (C=O) groups excluding carboxylic acids is 1. The Kier molecular flexibility index (Phi) is 14.4. The normalized spacial score (nSPS) is 13.6. The van der Waals surface area contributed by atoms with Gasteiger partial charge in [-0.3, -0.25) is 4.79 Å². The summed E-state index contributed by atoms with van der Waals surface area (Å²) in [6, 6.07) is 1.68. The van der Waals surface area contributed by atoms with Crippen LogP contribution in [0.5, 0.6) is 0 Å². The minimum absolute atomic E-state index is 0.107. The third-order valence-corrected chi connectivity index (χ3v) is 11.0. The molecule has 0 saturated carbocycles. The molecule has 1 unspecified atom stereocenters. The second-order valence-corrected chi connectivity index (χ2v) is 12.9. The Morgan fingerprint density at radius 2 is 1.14 bits per heavy atom. The highest BCUT2D eigenvalue weighted by Gasteiger charge is 2.38. The predicted molar refractivity (Wildman–Crippen MR) is 113 cm³/mol. The van der Waals surface area contributed by atoms with Crippen molar-refractivity contribution in [3.63, 3.8) is 0 Å². The van der Waals surface area contributed by atoms with Gasteiger partial charge in [0.1, 0.15) is 0 Å². The Bertz CT molecular complexity index is 404. The van der Waals surface area contributed by atoms with Gasteiger partial charge in [0.15, 0.2) is 0 Å². The van der Waals surface area contributed by atoms with E-state index in [9.17, 15) is 4.79 Å². The highest BCUT2D eigenvalue weighted by molar-refractivity contribution is 6.60. The third kappa shape index (κ3) is 8.58. The first-order valence-corrected chi connectivity index (χ1v) is 13.8. The number of hydrogen-bond donors (Lipinski definition) is 0. The van der Waals surface area contributed by atoms with E-state index in [2.05, 4.69) is 0 Å². The summed E-state index contributed by atoms with van der Waals surface area (Å²) in [7, 11) is 4.66. The Labute approximate surface area is 173 Å². The van der Waals surface area contributed by atoms with Crippen molar-refractivity contribution >= 4 is 23.5 Å². The first-order valence-electron chi connectivity index (χ1n) is 9.91. The highest BCUT2D eigenvalue weighted by atomic mass is 28.4. The van der Waals surface area contributed by atoms with Crippen LogP contribution in [0.15, 0.2) is 0 Å². The smallest absolute Gasteiger partial charge is 0.377 e. The van der Waals surface area contributed by atoms with Crippen LogP contribution in [-0.2, 0) is 31.4 Å². The van der Waals surface area contributed by atoms with Crippen LogP contribution in [0.1, 0.15) is 46.0 Å². The summed E-state index contributed by atoms with van der Waals surface area (Å²) in [6.45, 7) is 4.35. The fourth-order valence-electron chi connectivity index (χ4n) is 3.58. The standard InChI is InChI=1S/C18H41NO7Si2/c1-9-19(17(2)20)18(14-12-16-28(24-6,25-7)26-8)13-10-11-15-27(21-3,22-4)23-5/h18H,9-16H2,1-8H3. The minimum Gasteiger partial charge on any atom is -0.377 e. The van der Waals surface area contributed by atoms with Gasteiger partial charge in [0.25, 0.3) is 0 Å². The van der Waals surface area contributed by atoms with Crippen molar-refractivity contribution in [1.29, 1.82) is 0 Å². The zero-order valence-corrected chi connectivity index (χ0v) is 21.0. The molecular weight excluding hydrogens is 398 g/mol. The van der Waals surface area contributed by atoms with E-state index in [1.807, 2.05) is 11.8 Å². The van der Waals surface area contributed by atoms with E-state index in [1.165, 1.54) is 0 Å². The molecule has 0 fully saturated rings. The highest BCUT2D eigenvalue weighted by Crippen LogP contribution is 2.23. The molecule has 0 saturated heterocycles. The maximum absolute atomic E-state index is 12.1. The molecule has 0 bridgehead atoms. The van der Waals surface area contributed by atoms with Gasteiger partial charge in [0.2, 0.25) is 5.91 Å². The third-order valence-electron chi connectivity index (χ3n) is 5.34. The van der Waals surface area contributed by atoms with Crippen LogP contribution in [-0.4, -0.2) is 83.7 Å². The van der Waals surface area contributed by atoms with E-state index < -0.39 is 17.6 Å². The minimum atomic E-state index is -2.58. The van der Waals surface area contributed by atoms with Gasteiger partial charge in [-0.15, -0.1) is 0 Å². The Morgan fingerprint density at radius 1 is 0.750 bits per heavy atom. The number of carbonyl (C=O) groups is 1. The molecule has 1 amide bonds. The summed E-state index contributed by atoms with van der Waals surface area (Å²) in [5, 5.41) is 0. The maximum atomic E-state index is 12.1. The number of rotatable bonds is 17. The van der Waals surface area contributed by atoms with Crippen LogP contribution in [0.3, 0.4) is 0 Å². The van der Waals surface area contributed by atoms with Crippen LogP contribution >= 0.6 is 0 Å². The van der Waals surface area contributed by atoms with Gasteiger partial charge in [0.05, 0.1) is 0 Å². The van der Waals surface area contributed by atoms with Gasteiger partial charge in [-0.25, -0.2) is 0 Å². The second-order valence-electron chi connectivity index (χ2n) is 6.69. The Hall–Kier alpha value is -0.336. The van der Waals surface area contributed by atoms with Crippen LogP contribution < -0.4 is 0 Å². The molecule has 0 aliphatic heterocycles. The summed E-state index contributed by atoms with van der Waals surface area (Å²) < 4.78 is 33.0. The lowest BCUT2D eigenvalue weighted by Gasteiger charge is -2.32.